The molecule has 18 heavy (non-hydrogen) atoms. The van der Waals surface area contributed by atoms with E-state index >= 15 is 0 Å². The summed E-state index contributed by atoms with van der Waals surface area (Å²) in [5, 5.41) is 3.20. The van der Waals surface area contributed by atoms with Crippen molar-refractivity contribution in [1.29, 1.82) is 0 Å². The number of nitrogens with one attached hydrogen (secondary N) is 1. The number of ether oxygens (including phenoxy) is 1. The summed E-state index contributed by atoms with van der Waals surface area (Å²) >= 11 is 0. The van der Waals surface area contributed by atoms with Crippen LogP contribution in [0.3, 0.4) is 0 Å². The second-order valence-electron chi connectivity index (χ2n) is 4.17. The number of hydrogen-bond acceptors (Lipinski definition) is 3. The van der Waals surface area contributed by atoms with Gasteiger partial charge in [0.2, 0.25) is 0 Å². The minimum absolute atomic E-state index is 0.195. The van der Waals surface area contributed by atoms with Crippen LogP contribution < -0.4 is 10.1 Å². The predicted molar refractivity (Wildman–Crippen MR) is 63.4 cm³/mol. The third-order valence-corrected chi connectivity index (χ3v) is 2.22. The number of benzene rings is 1. The second-order valence-corrected chi connectivity index (χ2v) is 4.17. The maximum absolute atomic E-state index is 11.9. The van der Waals surface area contributed by atoms with Crippen molar-refractivity contribution >= 4 is 0 Å². The fourth-order valence-electron chi connectivity index (χ4n) is 1.34. The van der Waals surface area contributed by atoms with Crippen molar-refractivity contribution < 1.29 is 17.9 Å². The summed E-state index contributed by atoms with van der Waals surface area (Å²) in [4.78, 5) is 2.05. The summed E-state index contributed by atoms with van der Waals surface area (Å²) in [5.74, 6) is -0.195. The number of rotatable bonds is 6. The van der Waals surface area contributed by atoms with Gasteiger partial charge >= 0.3 is 6.36 Å². The first-order valence-corrected chi connectivity index (χ1v) is 5.57. The van der Waals surface area contributed by atoms with Crippen molar-refractivity contribution in [3.63, 3.8) is 0 Å². The van der Waals surface area contributed by atoms with Crippen LogP contribution in [0.5, 0.6) is 5.75 Å². The van der Waals surface area contributed by atoms with Gasteiger partial charge in [0.15, 0.2) is 0 Å². The minimum atomic E-state index is -4.63. The maximum atomic E-state index is 11.9. The molecule has 0 saturated carbocycles. The molecule has 0 radical (unpaired) electrons. The summed E-state index contributed by atoms with van der Waals surface area (Å²) in [6, 6.07) is 5.86. The van der Waals surface area contributed by atoms with Crippen LogP contribution in [0.15, 0.2) is 24.3 Å². The van der Waals surface area contributed by atoms with Crippen molar-refractivity contribution in [2.24, 2.45) is 0 Å². The quantitative estimate of drug-likeness (QED) is 0.796. The number of hydrogen-bond donors (Lipinski definition) is 1. The zero-order valence-corrected chi connectivity index (χ0v) is 10.4. The van der Waals surface area contributed by atoms with E-state index in [1.807, 2.05) is 19.0 Å². The Morgan fingerprint density at radius 3 is 2.28 bits per heavy atom. The van der Waals surface area contributed by atoms with Crippen LogP contribution in [0, 0.1) is 0 Å². The van der Waals surface area contributed by atoms with Gasteiger partial charge in [-0.05, 0) is 31.8 Å². The molecule has 0 bridgehead atoms. The molecule has 0 spiro atoms. The van der Waals surface area contributed by atoms with E-state index in [0.717, 1.165) is 18.7 Å². The van der Waals surface area contributed by atoms with Gasteiger partial charge in [0, 0.05) is 19.6 Å². The van der Waals surface area contributed by atoms with Gasteiger partial charge in [-0.2, -0.15) is 0 Å². The molecule has 0 aliphatic rings. The first kappa shape index (κ1) is 14.8. The van der Waals surface area contributed by atoms with Crippen LogP contribution in [0.1, 0.15) is 5.56 Å². The maximum Gasteiger partial charge on any atom is 0.573 e. The molecule has 1 N–H and O–H groups in total. The number of alkyl halides is 3. The molecule has 1 aromatic rings. The van der Waals surface area contributed by atoms with E-state index in [2.05, 4.69) is 10.1 Å². The molecule has 0 aliphatic heterocycles. The van der Waals surface area contributed by atoms with Gasteiger partial charge < -0.3 is 15.0 Å². The molecule has 0 aliphatic carbocycles. The fraction of sp³-hybridized carbons (Fsp3) is 0.500. The van der Waals surface area contributed by atoms with Crippen LogP contribution in [0.2, 0.25) is 0 Å². The van der Waals surface area contributed by atoms with Gasteiger partial charge in [-0.25, -0.2) is 0 Å². The molecule has 0 saturated heterocycles. The molecule has 102 valence electrons. The molecule has 0 atom stereocenters. The Labute approximate surface area is 105 Å². The molecule has 0 amide bonds. The Hall–Kier alpha value is -1.27. The number of likely N-dealkylation sites (N-methyl/N-ethyl adjacent to an activating group) is 1. The van der Waals surface area contributed by atoms with Gasteiger partial charge in [0.05, 0.1) is 0 Å². The summed E-state index contributed by atoms with van der Waals surface area (Å²) in [7, 11) is 3.95. The van der Waals surface area contributed by atoms with E-state index in [1.54, 1.807) is 12.1 Å². The van der Waals surface area contributed by atoms with Crippen molar-refractivity contribution in [2.75, 3.05) is 27.2 Å². The number of halogens is 3. The van der Waals surface area contributed by atoms with Gasteiger partial charge in [-0.3, -0.25) is 0 Å². The standard InChI is InChI=1S/C12H17F3N2O/c1-17(2)8-7-16-9-10-3-5-11(6-4-10)18-12(13,14)15/h3-6,16H,7-9H2,1-2H3. The van der Waals surface area contributed by atoms with Crippen LogP contribution in [0.25, 0.3) is 0 Å². The molecule has 0 unspecified atom stereocenters. The van der Waals surface area contributed by atoms with Crippen molar-refractivity contribution in [3.8, 4) is 5.75 Å². The zero-order chi connectivity index (χ0) is 13.6. The molecular formula is C12H17F3N2O. The predicted octanol–water partition coefficient (Wildman–Crippen LogP) is 2.24. The van der Waals surface area contributed by atoms with E-state index < -0.39 is 6.36 Å². The van der Waals surface area contributed by atoms with Gasteiger partial charge in [-0.15, -0.1) is 13.2 Å². The monoisotopic (exact) mass is 262 g/mol. The highest BCUT2D eigenvalue weighted by Gasteiger charge is 2.30. The van der Waals surface area contributed by atoms with Gasteiger partial charge in [0.1, 0.15) is 5.75 Å². The summed E-state index contributed by atoms with van der Waals surface area (Å²) < 4.78 is 39.6. The van der Waals surface area contributed by atoms with E-state index in [9.17, 15) is 13.2 Å². The van der Waals surface area contributed by atoms with E-state index in [1.165, 1.54) is 12.1 Å². The molecular weight excluding hydrogens is 245 g/mol. The Kier molecular flexibility index (Phi) is 5.43. The summed E-state index contributed by atoms with van der Waals surface area (Å²) in [6.07, 6.45) is -4.63. The SMILES string of the molecule is CN(C)CCNCc1ccc(OC(F)(F)F)cc1. The lowest BCUT2D eigenvalue weighted by Crippen LogP contribution is -2.26. The fourth-order valence-corrected chi connectivity index (χ4v) is 1.34. The first-order valence-electron chi connectivity index (χ1n) is 5.57. The highest BCUT2D eigenvalue weighted by molar-refractivity contribution is 5.27. The lowest BCUT2D eigenvalue weighted by atomic mass is 10.2. The number of nitrogens with zero attached hydrogens (tertiary/aromatic N) is 1. The second kappa shape index (κ2) is 6.61. The molecule has 3 nitrogen and oxygen atoms in total. The lowest BCUT2D eigenvalue weighted by molar-refractivity contribution is -0.274. The topological polar surface area (TPSA) is 24.5 Å². The summed E-state index contributed by atoms with van der Waals surface area (Å²) in [5.41, 5.74) is 0.920. The van der Waals surface area contributed by atoms with Crippen LogP contribution >= 0.6 is 0 Å². The van der Waals surface area contributed by atoms with Crippen molar-refractivity contribution in [1.82, 2.24) is 10.2 Å². The highest BCUT2D eigenvalue weighted by atomic mass is 19.4. The van der Waals surface area contributed by atoms with E-state index in [0.29, 0.717) is 6.54 Å². The van der Waals surface area contributed by atoms with Crippen molar-refractivity contribution in [2.45, 2.75) is 12.9 Å². The molecule has 0 heterocycles. The normalized spacial score (nSPS) is 11.9. The largest absolute Gasteiger partial charge is 0.573 e. The van der Waals surface area contributed by atoms with Crippen LogP contribution in [0.4, 0.5) is 13.2 Å². The highest BCUT2D eigenvalue weighted by Crippen LogP contribution is 2.22. The third kappa shape index (κ3) is 6.46. The molecule has 0 fully saturated rings. The van der Waals surface area contributed by atoms with E-state index in [-0.39, 0.29) is 5.75 Å². The summed E-state index contributed by atoms with van der Waals surface area (Å²) in [6.45, 7) is 2.36. The molecule has 1 aromatic carbocycles. The Morgan fingerprint density at radius 1 is 1.17 bits per heavy atom. The Morgan fingerprint density at radius 2 is 1.78 bits per heavy atom. The van der Waals surface area contributed by atoms with E-state index in [4.69, 9.17) is 0 Å². The lowest BCUT2D eigenvalue weighted by Gasteiger charge is -2.11. The minimum Gasteiger partial charge on any atom is -0.406 e. The Bertz CT molecular complexity index is 349. The first-order chi connectivity index (χ1) is 8.37. The third-order valence-electron chi connectivity index (χ3n) is 2.22. The smallest absolute Gasteiger partial charge is 0.406 e. The Balaban J connectivity index is 2.36. The molecule has 1 rings (SSSR count). The van der Waals surface area contributed by atoms with Crippen molar-refractivity contribution in [3.05, 3.63) is 29.8 Å². The molecule has 0 aromatic heterocycles. The van der Waals surface area contributed by atoms with Crippen LogP contribution in [-0.2, 0) is 6.54 Å². The van der Waals surface area contributed by atoms with Gasteiger partial charge in [-0.1, -0.05) is 12.1 Å². The average molecular weight is 262 g/mol. The van der Waals surface area contributed by atoms with Gasteiger partial charge in [0.25, 0.3) is 0 Å². The zero-order valence-electron chi connectivity index (χ0n) is 10.4. The molecule has 6 heteroatoms. The van der Waals surface area contributed by atoms with Crippen LogP contribution in [-0.4, -0.2) is 38.4 Å². The average Bonchev–Trinajstić information content (AvgIpc) is 2.24.